The Bertz CT molecular complexity index is 466. The maximum atomic E-state index is 12.7. The Morgan fingerprint density at radius 3 is 2.33 bits per heavy atom. The third-order valence-corrected chi connectivity index (χ3v) is 4.58. The number of halogens is 3. The summed E-state index contributed by atoms with van der Waals surface area (Å²) in [5.74, 6) is 0. The van der Waals surface area contributed by atoms with E-state index in [4.69, 9.17) is 5.73 Å². The summed E-state index contributed by atoms with van der Waals surface area (Å²) >= 11 is 0. The molecule has 2 N–H and O–H groups in total. The van der Waals surface area contributed by atoms with Gasteiger partial charge >= 0.3 is 6.18 Å². The van der Waals surface area contributed by atoms with Gasteiger partial charge < -0.3 is 5.73 Å². The van der Waals surface area contributed by atoms with Gasteiger partial charge in [0.1, 0.15) is 0 Å². The zero-order valence-electron chi connectivity index (χ0n) is 10.1. The van der Waals surface area contributed by atoms with Gasteiger partial charge in [0.15, 0.2) is 0 Å². The highest BCUT2D eigenvalue weighted by molar-refractivity contribution is 5.37. The first-order valence-corrected chi connectivity index (χ1v) is 6.27. The lowest BCUT2D eigenvalue weighted by molar-refractivity contribution is -0.137. The fraction of sp³-hybridized carbons (Fsp3) is 0.571. The predicted molar refractivity (Wildman–Crippen MR) is 63.1 cm³/mol. The zero-order valence-corrected chi connectivity index (χ0v) is 10.1. The lowest BCUT2D eigenvalue weighted by Gasteiger charge is -2.49. The molecule has 2 saturated carbocycles. The number of hydrogen-bond donors (Lipinski definition) is 1. The Hall–Kier alpha value is -1.03. The summed E-state index contributed by atoms with van der Waals surface area (Å²) in [7, 11) is 0. The average molecular weight is 255 g/mol. The number of alkyl halides is 3. The predicted octanol–water partition coefficient (Wildman–Crippen LogP) is 3.48. The van der Waals surface area contributed by atoms with Crippen molar-refractivity contribution in [1.29, 1.82) is 0 Å². The van der Waals surface area contributed by atoms with Crippen molar-refractivity contribution >= 4 is 0 Å². The second-order valence-electron chi connectivity index (χ2n) is 5.92. The quantitative estimate of drug-likeness (QED) is 0.860. The second-order valence-corrected chi connectivity index (χ2v) is 5.92. The van der Waals surface area contributed by atoms with Crippen LogP contribution >= 0.6 is 0 Å². The summed E-state index contributed by atoms with van der Waals surface area (Å²) in [5, 5.41) is 0. The second kappa shape index (κ2) is 3.50. The number of hydrogen-bond acceptors (Lipinski definition) is 1. The minimum atomic E-state index is -4.27. The number of nitrogens with two attached hydrogens (primary N) is 1. The Kier molecular flexibility index (Phi) is 2.34. The number of rotatable bonds is 2. The van der Waals surface area contributed by atoms with Crippen LogP contribution in [0.15, 0.2) is 24.3 Å². The van der Waals surface area contributed by atoms with E-state index < -0.39 is 11.7 Å². The van der Waals surface area contributed by atoms with Crippen LogP contribution in [0.2, 0.25) is 0 Å². The molecule has 1 spiro atoms. The molecule has 98 valence electrons. The largest absolute Gasteiger partial charge is 0.416 e. The molecular weight excluding hydrogens is 239 g/mol. The molecule has 2 fully saturated rings. The van der Waals surface area contributed by atoms with E-state index in [0.717, 1.165) is 24.5 Å². The molecule has 1 aromatic carbocycles. The van der Waals surface area contributed by atoms with E-state index >= 15 is 0 Å². The van der Waals surface area contributed by atoms with Crippen LogP contribution in [0.25, 0.3) is 0 Å². The molecule has 2 aliphatic carbocycles. The number of benzene rings is 1. The van der Waals surface area contributed by atoms with Gasteiger partial charge in [-0.3, -0.25) is 0 Å². The fourth-order valence-electron chi connectivity index (χ4n) is 3.41. The minimum absolute atomic E-state index is 0.211. The molecule has 3 rings (SSSR count). The van der Waals surface area contributed by atoms with Crippen LogP contribution < -0.4 is 5.73 Å². The molecule has 0 saturated heterocycles. The van der Waals surface area contributed by atoms with Crippen LogP contribution in [0.4, 0.5) is 13.2 Å². The van der Waals surface area contributed by atoms with Gasteiger partial charge in [0.25, 0.3) is 0 Å². The topological polar surface area (TPSA) is 26.0 Å². The van der Waals surface area contributed by atoms with Gasteiger partial charge in [0.05, 0.1) is 5.56 Å². The van der Waals surface area contributed by atoms with Gasteiger partial charge in [-0.15, -0.1) is 0 Å². The Labute approximate surface area is 104 Å². The molecule has 4 heteroatoms. The molecule has 2 aliphatic rings. The van der Waals surface area contributed by atoms with Crippen LogP contribution in [-0.4, -0.2) is 6.54 Å². The molecule has 0 bridgehead atoms. The molecule has 0 radical (unpaired) electrons. The van der Waals surface area contributed by atoms with E-state index in [0.29, 0.717) is 12.0 Å². The zero-order chi connectivity index (χ0) is 13.0. The highest BCUT2D eigenvalue weighted by Crippen LogP contribution is 2.68. The monoisotopic (exact) mass is 255 g/mol. The van der Waals surface area contributed by atoms with Gasteiger partial charge in [-0.2, -0.15) is 13.2 Å². The van der Waals surface area contributed by atoms with Crippen molar-refractivity contribution < 1.29 is 13.2 Å². The van der Waals surface area contributed by atoms with Crippen molar-refractivity contribution in [3.05, 3.63) is 35.4 Å². The van der Waals surface area contributed by atoms with Gasteiger partial charge in [0, 0.05) is 12.0 Å². The van der Waals surface area contributed by atoms with Crippen LogP contribution in [0.1, 0.15) is 36.8 Å². The van der Waals surface area contributed by atoms with Crippen LogP contribution in [0.5, 0.6) is 0 Å². The van der Waals surface area contributed by atoms with E-state index in [9.17, 15) is 13.2 Å². The average Bonchev–Trinajstić information content (AvgIpc) is 3.05. The van der Waals surface area contributed by atoms with E-state index in [-0.39, 0.29) is 5.41 Å². The van der Waals surface area contributed by atoms with Gasteiger partial charge in [-0.1, -0.05) is 18.2 Å². The smallest absolute Gasteiger partial charge is 0.330 e. The van der Waals surface area contributed by atoms with Crippen LogP contribution in [-0.2, 0) is 11.6 Å². The fourth-order valence-corrected chi connectivity index (χ4v) is 3.41. The molecule has 0 unspecified atom stereocenters. The molecule has 0 atom stereocenters. The summed E-state index contributed by atoms with van der Waals surface area (Å²) in [4.78, 5) is 0. The van der Waals surface area contributed by atoms with Gasteiger partial charge in [0.2, 0.25) is 0 Å². The van der Waals surface area contributed by atoms with Crippen molar-refractivity contribution in [2.75, 3.05) is 6.54 Å². The molecule has 0 amide bonds. The maximum Gasteiger partial charge on any atom is 0.416 e. The van der Waals surface area contributed by atoms with Crippen molar-refractivity contribution in [1.82, 2.24) is 0 Å². The summed E-state index contributed by atoms with van der Waals surface area (Å²) in [6, 6.07) is 5.69. The third-order valence-electron chi connectivity index (χ3n) is 4.58. The van der Waals surface area contributed by atoms with Crippen molar-refractivity contribution in [2.45, 2.75) is 37.3 Å². The van der Waals surface area contributed by atoms with E-state index in [2.05, 4.69) is 0 Å². The van der Waals surface area contributed by atoms with Gasteiger partial charge in [-0.25, -0.2) is 0 Å². The first-order valence-electron chi connectivity index (χ1n) is 6.27. The first kappa shape index (κ1) is 12.0. The normalized spacial score (nSPS) is 23.8. The summed E-state index contributed by atoms with van der Waals surface area (Å²) in [5.41, 5.74) is 6.24. The summed E-state index contributed by atoms with van der Waals surface area (Å²) < 4.78 is 38.1. The van der Waals surface area contributed by atoms with Crippen molar-refractivity contribution in [2.24, 2.45) is 11.1 Å². The maximum absolute atomic E-state index is 12.7. The van der Waals surface area contributed by atoms with E-state index in [1.807, 2.05) is 0 Å². The van der Waals surface area contributed by atoms with Gasteiger partial charge in [-0.05, 0) is 42.7 Å². The standard InChI is InChI=1S/C14H16F3N/c15-14(16,17)11-3-1-2-10(6-11)13(9-18)7-12(8-13)4-5-12/h1-3,6H,4-5,7-9,18H2. The van der Waals surface area contributed by atoms with Crippen LogP contribution in [0, 0.1) is 5.41 Å². The molecule has 1 nitrogen and oxygen atoms in total. The SMILES string of the molecule is NCC1(c2cccc(C(F)(F)F)c2)CC2(CC2)C1. The highest BCUT2D eigenvalue weighted by Gasteiger charge is 2.60. The first-order chi connectivity index (χ1) is 8.39. The van der Waals surface area contributed by atoms with Crippen LogP contribution in [0.3, 0.4) is 0 Å². The van der Waals surface area contributed by atoms with E-state index in [1.54, 1.807) is 6.07 Å². The lowest BCUT2D eigenvalue weighted by atomic mass is 9.56. The summed E-state index contributed by atoms with van der Waals surface area (Å²) in [6.07, 6.45) is 0.0733. The molecule has 0 aliphatic heterocycles. The Morgan fingerprint density at radius 1 is 1.17 bits per heavy atom. The Morgan fingerprint density at radius 2 is 1.83 bits per heavy atom. The van der Waals surface area contributed by atoms with Crippen molar-refractivity contribution in [3.63, 3.8) is 0 Å². The van der Waals surface area contributed by atoms with E-state index in [1.165, 1.54) is 25.0 Å². The summed E-state index contributed by atoms with van der Waals surface area (Å²) in [6.45, 7) is 0.441. The minimum Gasteiger partial charge on any atom is -0.330 e. The molecule has 0 heterocycles. The Balaban J connectivity index is 1.92. The molecule has 0 aromatic heterocycles. The third kappa shape index (κ3) is 1.74. The molecule has 18 heavy (non-hydrogen) atoms. The highest BCUT2D eigenvalue weighted by atomic mass is 19.4. The van der Waals surface area contributed by atoms with Crippen molar-refractivity contribution in [3.8, 4) is 0 Å². The molecule has 1 aromatic rings. The molecular formula is C14H16F3N. The lowest BCUT2D eigenvalue weighted by Crippen LogP contribution is -2.48.